The molecule has 0 spiro atoms. The fourth-order valence-electron chi connectivity index (χ4n) is 2.57. The lowest BCUT2D eigenvalue weighted by Crippen LogP contribution is -2.42. The van der Waals surface area contributed by atoms with Crippen molar-refractivity contribution >= 4 is 17.7 Å². The van der Waals surface area contributed by atoms with Crippen LogP contribution in [0.4, 0.5) is 5.82 Å². The molecule has 1 atom stereocenters. The van der Waals surface area contributed by atoms with Crippen LogP contribution in [0, 0.1) is 12.8 Å². The zero-order valence-corrected chi connectivity index (χ0v) is 13.2. The Kier molecular flexibility index (Phi) is 5.35. The predicted molar refractivity (Wildman–Crippen MR) is 83.8 cm³/mol. The molecule has 1 saturated heterocycles. The molecule has 1 aromatic heterocycles. The Morgan fingerprint density at radius 3 is 2.68 bits per heavy atom. The summed E-state index contributed by atoms with van der Waals surface area (Å²) in [6, 6.07) is 3.76. The number of carboxylic acid groups (broad SMARTS) is 1. The number of carbonyl (C=O) groups excluding carboxylic acids is 1. The van der Waals surface area contributed by atoms with Crippen molar-refractivity contribution < 1.29 is 14.7 Å². The lowest BCUT2D eigenvalue weighted by Gasteiger charge is -2.27. The standard InChI is InChI=1S/C16H23N3O3/c1-12-5-6-17-14(9-12)19(10-13(2)16(21)22)11-15(20)18-7-3-4-8-18/h5-6,9,13H,3-4,7-8,10-11H2,1-2H3,(H,21,22). The summed E-state index contributed by atoms with van der Waals surface area (Å²) in [6.07, 6.45) is 3.77. The monoisotopic (exact) mass is 305 g/mol. The van der Waals surface area contributed by atoms with Gasteiger partial charge in [-0.1, -0.05) is 6.92 Å². The first kappa shape index (κ1) is 16.3. The molecule has 6 nitrogen and oxygen atoms in total. The molecule has 2 heterocycles. The van der Waals surface area contributed by atoms with Crippen LogP contribution in [0.3, 0.4) is 0 Å². The summed E-state index contributed by atoms with van der Waals surface area (Å²) in [4.78, 5) is 31.4. The lowest BCUT2D eigenvalue weighted by atomic mass is 10.1. The van der Waals surface area contributed by atoms with E-state index in [1.807, 2.05) is 24.0 Å². The van der Waals surface area contributed by atoms with Crippen LogP contribution in [0.2, 0.25) is 0 Å². The number of aliphatic carboxylic acids is 1. The molecular formula is C16H23N3O3. The molecule has 1 aromatic rings. The number of pyridine rings is 1. The fraction of sp³-hybridized carbons (Fsp3) is 0.562. The number of anilines is 1. The number of hydrogen-bond donors (Lipinski definition) is 1. The number of hydrogen-bond acceptors (Lipinski definition) is 4. The second-order valence-corrected chi connectivity index (χ2v) is 5.90. The van der Waals surface area contributed by atoms with Crippen molar-refractivity contribution in [2.45, 2.75) is 26.7 Å². The number of nitrogens with zero attached hydrogens (tertiary/aromatic N) is 3. The second kappa shape index (κ2) is 7.24. The summed E-state index contributed by atoms with van der Waals surface area (Å²) >= 11 is 0. The maximum atomic E-state index is 12.4. The van der Waals surface area contributed by atoms with Gasteiger partial charge in [0, 0.05) is 25.8 Å². The van der Waals surface area contributed by atoms with Crippen molar-refractivity contribution in [3.05, 3.63) is 23.9 Å². The molecule has 1 amide bonds. The Morgan fingerprint density at radius 2 is 2.09 bits per heavy atom. The Bertz CT molecular complexity index is 541. The second-order valence-electron chi connectivity index (χ2n) is 5.90. The zero-order chi connectivity index (χ0) is 16.1. The summed E-state index contributed by atoms with van der Waals surface area (Å²) in [5.74, 6) is -0.737. The normalized spacial score (nSPS) is 15.6. The minimum Gasteiger partial charge on any atom is -0.481 e. The maximum absolute atomic E-state index is 12.4. The molecule has 0 radical (unpaired) electrons. The van der Waals surface area contributed by atoms with Gasteiger partial charge in [-0.3, -0.25) is 9.59 Å². The summed E-state index contributed by atoms with van der Waals surface area (Å²) in [6.45, 7) is 5.63. The van der Waals surface area contributed by atoms with E-state index < -0.39 is 11.9 Å². The molecule has 1 unspecified atom stereocenters. The van der Waals surface area contributed by atoms with E-state index in [1.54, 1.807) is 18.0 Å². The fourth-order valence-corrected chi connectivity index (χ4v) is 2.57. The van der Waals surface area contributed by atoms with Crippen molar-refractivity contribution in [1.29, 1.82) is 0 Å². The maximum Gasteiger partial charge on any atom is 0.308 e. The number of rotatable bonds is 6. The summed E-state index contributed by atoms with van der Waals surface area (Å²) < 4.78 is 0. The number of likely N-dealkylation sites (tertiary alicyclic amines) is 1. The van der Waals surface area contributed by atoms with Crippen LogP contribution >= 0.6 is 0 Å². The molecule has 0 bridgehead atoms. The molecule has 0 aliphatic carbocycles. The zero-order valence-electron chi connectivity index (χ0n) is 13.2. The van der Waals surface area contributed by atoms with Gasteiger partial charge in [0.15, 0.2) is 0 Å². The third-order valence-electron chi connectivity index (χ3n) is 3.93. The van der Waals surface area contributed by atoms with Crippen molar-refractivity contribution in [1.82, 2.24) is 9.88 Å². The van der Waals surface area contributed by atoms with E-state index in [4.69, 9.17) is 5.11 Å². The molecule has 2 rings (SSSR count). The average Bonchev–Trinajstić information content (AvgIpc) is 3.00. The van der Waals surface area contributed by atoms with Gasteiger partial charge in [0.2, 0.25) is 5.91 Å². The van der Waals surface area contributed by atoms with Crippen LogP contribution in [-0.2, 0) is 9.59 Å². The minimum absolute atomic E-state index is 0.0402. The van der Waals surface area contributed by atoms with Crippen LogP contribution in [0.5, 0.6) is 0 Å². The van der Waals surface area contributed by atoms with Gasteiger partial charge < -0.3 is 14.9 Å². The first-order valence-corrected chi connectivity index (χ1v) is 7.65. The summed E-state index contributed by atoms with van der Waals surface area (Å²) in [7, 11) is 0. The van der Waals surface area contributed by atoms with Gasteiger partial charge in [-0.25, -0.2) is 4.98 Å². The molecule has 6 heteroatoms. The molecule has 1 aliphatic heterocycles. The summed E-state index contributed by atoms with van der Waals surface area (Å²) in [5.41, 5.74) is 1.03. The molecule has 0 aromatic carbocycles. The van der Waals surface area contributed by atoms with E-state index in [0.29, 0.717) is 5.82 Å². The van der Waals surface area contributed by atoms with Crippen LogP contribution in [-0.4, -0.2) is 53.0 Å². The van der Waals surface area contributed by atoms with Crippen molar-refractivity contribution in [2.75, 3.05) is 31.1 Å². The van der Waals surface area contributed by atoms with Gasteiger partial charge in [0.05, 0.1) is 12.5 Å². The smallest absolute Gasteiger partial charge is 0.308 e. The van der Waals surface area contributed by atoms with Gasteiger partial charge in [-0.05, 0) is 37.5 Å². The number of carbonyl (C=O) groups is 2. The Balaban J connectivity index is 2.13. The number of carboxylic acids is 1. The topological polar surface area (TPSA) is 73.7 Å². The highest BCUT2D eigenvalue weighted by atomic mass is 16.4. The van der Waals surface area contributed by atoms with E-state index in [-0.39, 0.29) is 19.0 Å². The van der Waals surface area contributed by atoms with Gasteiger partial charge in [0.25, 0.3) is 0 Å². The van der Waals surface area contributed by atoms with E-state index >= 15 is 0 Å². The van der Waals surface area contributed by atoms with E-state index in [1.165, 1.54) is 0 Å². The van der Waals surface area contributed by atoms with E-state index in [9.17, 15) is 9.59 Å². The minimum atomic E-state index is -0.869. The molecule has 22 heavy (non-hydrogen) atoms. The Hall–Kier alpha value is -2.11. The molecule has 0 saturated carbocycles. The third-order valence-corrected chi connectivity index (χ3v) is 3.93. The Morgan fingerprint density at radius 1 is 1.41 bits per heavy atom. The number of aryl methyl sites for hydroxylation is 1. The molecule has 1 aliphatic rings. The highest BCUT2D eigenvalue weighted by Crippen LogP contribution is 2.16. The highest BCUT2D eigenvalue weighted by Gasteiger charge is 2.24. The molecule has 120 valence electrons. The predicted octanol–water partition coefficient (Wildman–Crippen LogP) is 1.54. The SMILES string of the molecule is Cc1ccnc(N(CC(=O)N2CCCC2)CC(C)C(=O)O)c1. The third kappa shape index (κ3) is 4.19. The first-order chi connectivity index (χ1) is 10.5. The van der Waals surface area contributed by atoms with Crippen LogP contribution in [0.25, 0.3) is 0 Å². The van der Waals surface area contributed by atoms with E-state index in [2.05, 4.69) is 4.98 Å². The molecule has 1 fully saturated rings. The van der Waals surface area contributed by atoms with E-state index in [0.717, 1.165) is 31.5 Å². The quantitative estimate of drug-likeness (QED) is 0.863. The van der Waals surface area contributed by atoms with Gasteiger partial charge in [-0.15, -0.1) is 0 Å². The Labute approximate surface area is 130 Å². The van der Waals surface area contributed by atoms with Crippen LogP contribution < -0.4 is 4.90 Å². The summed E-state index contributed by atoms with van der Waals surface area (Å²) in [5, 5.41) is 9.14. The van der Waals surface area contributed by atoms with Crippen molar-refractivity contribution in [2.24, 2.45) is 5.92 Å². The number of aromatic nitrogens is 1. The van der Waals surface area contributed by atoms with Crippen molar-refractivity contribution in [3.8, 4) is 0 Å². The first-order valence-electron chi connectivity index (χ1n) is 7.65. The molecule has 1 N–H and O–H groups in total. The van der Waals surface area contributed by atoms with Gasteiger partial charge >= 0.3 is 5.97 Å². The average molecular weight is 305 g/mol. The highest BCUT2D eigenvalue weighted by molar-refractivity contribution is 5.81. The van der Waals surface area contributed by atoms with Crippen LogP contribution in [0.1, 0.15) is 25.3 Å². The molecular weight excluding hydrogens is 282 g/mol. The number of amides is 1. The lowest BCUT2D eigenvalue weighted by molar-refractivity contribution is -0.141. The van der Waals surface area contributed by atoms with Crippen LogP contribution in [0.15, 0.2) is 18.3 Å². The van der Waals surface area contributed by atoms with Gasteiger partial charge in [-0.2, -0.15) is 0 Å². The van der Waals surface area contributed by atoms with Crippen molar-refractivity contribution in [3.63, 3.8) is 0 Å². The largest absolute Gasteiger partial charge is 0.481 e. The van der Waals surface area contributed by atoms with Gasteiger partial charge in [0.1, 0.15) is 5.82 Å².